The van der Waals surface area contributed by atoms with E-state index in [0.29, 0.717) is 25.1 Å². The molecule has 1 atom stereocenters. The van der Waals surface area contributed by atoms with Gasteiger partial charge in [0.15, 0.2) is 0 Å². The average molecular weight is 520 g/mol. The zero-order valence-corrected chi connectivity index (χ0v) is 19.8. The average Bonchev–Trinajstić information content (AvgIpc) is 3.18. The van der Waals surface area contributed by atoms with Crippen LogP contribution in [0.25, 0.3) is 0 Å². The topological polar surface area (TPSA) is 41.9 Å². The highest BCUT2D eigenvalue weighted by atomic mass is 35.5. The smallest absolute Gasteiger partial charge is 0.374 e. The maximum Gasteiger partial charge on any atom is 0.435 e. The van der Waals surface area contributed by atoms with Crippen molar-refractivity contribution in [3.05, 3.63) is 68.2 Å². The lowest BCUT2D eigenvalue weighted by Gasteiger charge is -2.39. The summed E-state index contributed by atoms with van der Waals surface area (Å²) in [4.78, 5) is 18.8. The van der Waals surface area contributed by atoms with Gasteiger partial charge in [-0.1, -0.05) is 71.1 Å². The Morgan fingerprint density at radius 3 is 2.30 bits per heavy atom. The van der Waals surface area contributed by atoms with E-state index < -0.39 is 18.2 Å². The summed E-state index contributed by atoms with van der Waals surface area (Å²) in [7, 11) is 0. The molecular weight excluding hydrogens is 500 g/mol. The van der Waals surface area contributed by atoms with Crippen LogP contribution in [0.4, 0.5) is 13.2 Å². The first-order valence-corrected chi connectivity index (χ1v) is 11.5. The van der Waals surface area contributed by atoms with Gasteiger partial charge in [-0.3, -0.25) is 4.79 Å². The van der Waals surface area contributed by atoms with Crippen LogP contribution in [0.3, 0.4) is 0 Å². The minimum Gasteiger partial charge on any atom is -0.374 e. The molecule has 2 aliphatic heterocycles. The molecule has 33 heavy (non-hydrogen) atoms. The molecule has 1 amide bonds. The molecule has 1 unspecified atom stereocenters. The first kappa shape index (κ1) is 24.2. The molecule has 4 nitrogen and oxygen atoms in total. The Hall–Kier alpha value is -1.96. The zero-order chi connectivity index (χ0) is 24.0. The van der Waals surface area contributed by atoms with Crippen molar-refractivity contribution in [1.82, 2.24) is 4.90 Å². The largest absolute Gasteiger partial charge is 0.435 e. The molecule has 0 aliphatic carbocycles. The van der Waals surface area contributed by atoms with Crippen molar-refractivity contribution in [2.24, 2.45) is 5.16 Å². The van der Waals surface area contributed by atoms with E-state index in [0.717, 1.165) is 24.1 Å². The molecule has 2 heterocycles. The molecule has 2 aromatic rings. The molecule has 0 spiro atoms. The number of alkyl halides is 3. The number of oxime groups is 1. The first-order valence-electron chi connectivity index (χ1n) is 10.4. The van der Waals surface area contributed by atoms with E-state index in [9.17, 15) is 18.0 Å². The first-order chi connectivity index (χ1) is 15.6. The van der Waals surface area contributed by atoms with E-state index >= 15 is 0 Å². The van der Waals surface area contributed by atoms with Crippen molar-refractivity contribution in [1.29, 1.82) is 0 Å². The Bertz CT molecular complexity index is 1080. The third-order valence-corrected chi connectivity index (χ3v) is 7.25. The maximum atomic E-state index is 14.2. The van der Waals surface area contributed by atoms with E-state index in [2.05, 4.69) is 5.16 Å². The number of hydrogen-bond acceptors (Lipinski definition) is 3. The molecule has 0 aromatic heterocycles. The molecule has 4 rings (SSSR count). The third kappa shape index (κ3) is 4.43. The molecule has 0 bridgehead atoms. The molecule has 0 N–H and O–H groups in total. The molecule has 176 valence electrons. The molecule has 10 heteroatoms. The number of hydrogen-bond donors (Lipinski definition) is 0. The highest BCUT2D eigenvalue weighted by Gasteiger charge is 2.62. The highest BCUT2D eigenvalue weighted by Crippen LogP contribution is 2.50. The van der Waals surface area contributed by atoms with Crippen molar-refractivity contribution in [3.8, 4) is 0 Å². The summed E-state index contributed by atoms with van der Waals surface area (Å²) >= 11 is 17.9. The molecule has 0 saturated carbocycles. The van der Waals surface area contributed by atoms with Gasteiger partial charge in [0.25, 0.3) is 5.60 Å². The van der Waals surface area contributed by atoms with Gasteiger partial charge < -0.3 is 9.74 Å². The van der Waals surface area contributed by atoms with Crippen LogP contribution in [0.2, 0.25) is 15.1 Å². The van der Waals surface area contributed by atoms with Gasteiger partial charge in [-0.05, 0) is 29.7 Å². The standard InChI is InChI=1S/C23H20Cl3F3N2O2/c1-2-3-20(32)31-11-15(12-31)13-4-6-14(7-5-13)19-10-22(33-30-19,23(27,28)29)16-8-17(24)21(26)18(25)9-16/h4-9,15H,2-3,10-12H2,1H3. The molecule has 2 aliphatic rings. The number of likely N-dealkylation sites (tertiary alicyclic amines) is 1. The minimum atomic E-state index is -4.78. The third-order valence-electron chi connectivity index (χ3n) is 6.05. The van der Waals surface area contributed by atoms with E-state index in [1.54, 1.807) is 12.1 Å². The van der Waals surface area contributed by atoms with Crippen LogP contribution in [0.5, 0.6) is 0 Å². The monoisotopic (exact) mass is 518 g/mol. The van der Waals surface area contributed by atoms with Crippen LogP contribution in [0.15, 0.2) is 41.6 Å². The van der Waals surface area contributed by atoms with Crippen molar-refractivity contribution < 1.29 is 22.8 Å². The Labute approximate surface area is 204 Å². The summed E-state index contributed by atoms with van der Waals surface area (Å²) in [5.74, 6) is 0.364. The van der Waals surface area contributed by atoms with Gasteiger partial charge in [0.2, 0.25) is 5.91 Å². The highest BCUT2D eigenvalue weighted by molar-refractivity contribution is 6.48. The Balaban J connectivity index is 1.52. The van der Waals surface area contributed by atoms with Crippen molar-refractivity contribution >= 4 is 46.4 Å². The summed E-state index contributed by atoms with van der Waals surface area (Å²) in [5.41, 5.74) is -1.27. The lowest BCUT2D eigenvalue weighted by Crippen LogP contribution is -2.48. The summed E-state index contributed by atoms with van der Waals surface area (Å²) in [6.45, 7) is 3.27. The second-order valence-corrected chi connectivity index (χ2v) is 9.44. The molecule has 1 fully saturated rings. The molecule has 1 saturated heterocycles. The Morgan fingerprint density at radius 1 is 1.15 bits per heavy atom. The second kappa shape index (κ2) is 9.01. The zero-order valence-electron chi connectivity index (χ0n) is 17.6. The van der Waals surface area contributed by atoms with Gasteiger partial charge >= 0.3 is 6.18 Å². The van der Waals surface area contributed by atoms with E-state index in [1.165, 1.54) is 0 Å². The Morgan fingerprint density at radius 2 is 1.76 bits per heavy atom. The fourth-order valence-corrected chi connectivity index (χ4v) is 4.66. The van der Waals surface area contributed by atoms with Gasteiger partial charge in [0, 0.05) is 37.4 Å². The van der Waals surface area contributed by atoms with Crippen molar-refractivity contribution in [2.45, 2.75) is 43.9 Å². The number of amides is 1. The number of carbonyl (C=O) groups is 1. The van der Waals surface area contributed by atoms with E-state index in [4.69, 9.17) is 39.6 Å². The lowest BCUT2D eigenvalue weighted by atomic mass is 9.85. The van der Waals surface area contributed by atoms with Gasteiger partial charge in [0.05, 0.1) is 20.8 Å². The SMILES string of the molecule is CCCC(=O)N1CC(c2ccc(C3=NOC(c4cc(Cl)c(Cl)c(Cl)c4)(C(F)(F)F)C3)cc2)C1. The van der Waals surface area contributed by atoms with Crippen molar-refractivity contribution in [2.75, 3.05) is 13.1 Å². The summed E-state index contributed by atoms with van der Waals surface area (Å²) in [5, 5.41) is 3.54. The minimum absolute atomic E-state index is 0.0277. The predicted molar refractivity (Wildman–Crippen MR) is 122 cm³/mol. The van der Waals surface area contributed by atoms with E-state index in [1.807, 2.05) is 24.0 Å². The molecular formula is C23H20Cl3F3N2O2. The number of rotatable bonds is 5. The van der Waals surface area contributed by atoms with Crippen LogP contribution in [-0.4, -0.2) is 35.8 Å². The quantitative estimate of drug-likeness (QED) is 0.401. The van der Waals surface area contributed by atoms with E-state index in [-0.39, 0.29) is 38.2 Å². The summed E-state index contributed by atoms with van der Waals surface area (Å²) in [6, 6.07) is 9.37. The van der Waals surface area contributed by atoms with Crippen LogP contribution in [-0.2, 0) is 15.2 Å². The number of carbonyl (C=O) groups excluding carboxylic acids is 1. The van der Waals surface area contributed by atoms with Gasteiger partial charge in [-0.25, -0.2) is 0 Å². The van der Waals surface area contributed by atoms with Crippen molar-refractivity contribution in [3.63, 3.8) is 0 Å². The number of halogens is 6. The van der Waals surface area contributed by atoms with Crippen LogP contribution in [0, 0.1) is 0 Å². The number of benzene rings is 2. The maximum absolute atomic E-state index is 14.2. The fraction of sp³-hybridized carbons (Fsp3) is 0.391. The van der Waals surface area contributed by atoms with Crippen LogP contribution >= 0.6 is 34.8 Å². The van der Waals surface area contributed by atoms with Crippen LogP contribution in [0.1, 0.15) is 48.8 Å². The summed E-state index contributed by atoms with van der Waals surface area (Å²) in [6.07, 6.45) is -3.96. The fourth-order valence-electron chi connectivity index (χ4n) is 4.06. The Kier molecular flexibility index (Phi) is 6.60. The van der Waals surface area contributed by atoms with Gasteiger partial charge in [0.1, 0.15) is 0 Å². The normalized spacial score (nSPS) is 20.9. The molecule has 0 radical (unpaired) electrons. The molecule has 2 aromatic carbocycles. The van der Waals surface area contributed by atoms with Gasteiger partial charge in [-0.2, -0.15) is 13.2 Å². The predicted octanol–water partition coefficient (Wildman–Crippen LogP) is 6.95. The summed E-state index contributed by atoms with van der Waals surface area (Å²) < 4.78 is 42.6. The van der Waals surface area contributed by atoms with Gasteiger partial charge in [-0.15, -0.1) is 0 Å². The number of nitrogens with zero attached hydrogens (tertiary/aromatic N) is 2. The second-order valence-electron chi connectivity index (χ2n) is 8.25. The lowest BCUT2D eigenvalue weighted by molar-refractivity contribution is -0.275. The van der Waals surface area contributed by atoms with Crippen LogP contribution < -0.4 is 0 Å².